The van der Waals surface area contributed by atoms with Crippen molar-refractivity contribution in [2.24, 2.45) is 5.10 Å². The number of nitrogens with zero attached hydrogens (tertiary/aromatic N) is 2. The first-order valence-corrected chi connectivity index (χ1v) is 9.77. The third kappa shape index (κ3) is 4.58. The van der Waals surface area contributed by atoms with Crippen LogP contribution in [-0.2, 0) is 6.42 Å². The first kappa shape index (κ1) is 19.6. The molecule has 28 heavy (non-hydrogen) atoms. The molecule has 0 aliphatic rings. The van der Waals surface area contributed by atoms with Gasteiger partial charge in [-0.25, -0.2) is 5.43 Å². The molecule has 0 radical (unpaired) electrons. The Hall–Kier alpha value is -3.14. The van der Waals surface area contributed by atoms with E-state index in [4.69, 9.17) is 0 Å². The van der Waals surface area contributed by atoms with Crippen LogP contribution in [0.25, 0.3) is 5.69 Å². The Balaban J connectivity index is 1.73. The van der Waals surface area contributed by atoms with Crippen molar-refractivity contribution in [2.45, 2.75) is 40.0 Å². The normalized spacial score (nSPS) is 11.1. The van der Waals surface area contributed by atoms with Crippen LogP contribution in [0, 0.1) is 13.8 Å². The highest BCUT2D eigenvalue weighted by molar-refractivity contribution is 5.94. The number of hydrogen-bond donors (Lipinski definition) is 1. The number of unbranched alkanes of at least 4 members (excludes halogenated alkanes) is 1. The van der Waals surface area contributed by atoms with Gasteiger partial charge >= 0.3 is 0 Å². The fourth-order valence-corrected chi connectivity index (χ4v) is 3.32. The molecule has 0 bridgehead atoms. The van der Waals surface area contributed by atoms with Gasteiger partial charge in [0, 0.05) is 28.2 Å². The van der Waals surface area contributed by atoms with Crippen LogP contribution >= 0.6 is 0 Å². The van der Waals surface area contributed by atoms with E-state index in [0.717, 1.165) is 29.1 Å². The smallest absolute Gasteiger partial charge is 0.271 e. The number of amides is 1. The second-order valence-electron chi connectivity index (χ2n) is 7.00. The number of aromatic nitrogens is 1. The van der Waals surface area contributed by atoms with E-state index in [0.29, 0.717) is 5.56 Å². The quantitative estimate of drug-likeness (QED) is 0.449. The van der Waals surface area contributed by atoms with Crippen LogP contribution < -0.4 is 5.43 Å². The molecule has 1 amide bonds. The highest BCUT2D eigenvalue weighted by Gasteiger charge is 2.10. The van der Waals surface area contributed by atoms with Gasteiger partial charge in [-0.05, 0) is 62.6 Å². The number of aryl methyl sites for hydroxylation is 2. The van der Waals surface area contributed by atoms with Crippen LogP contribution in [0.3, 0.4) is 0 Å². The van der Waals surface area contributed by atoms with E-state index in [1.165, 1.54) is 18.4 Å². The van der Waals surface area contributed by atoms with Gasteiger partial charge in [-0.1, -0.05) is 43.7 Å². The summed E-state index contributed by atoms with van der Waals surface area (Å²) < 4.78 is 2.21. The zero-order valence-corrected chi connectivity index (χ0v) is 16.8. The maximum atomic E-state index is 12.1. The molecule has 144 valence electrons. The van der Waals surface area contributed by atoms with Crippen molar-refractivity contribution in [1.29, 1.82) is 0 Å². The summed E-state index contributed by atoms with van der Waals surface area (Å²) in [6, 6.07) is 19.9. The van der Waals surface area contributed by atoms with Gasteiger partial charge in [0.15, 0.2) is 0 Å². The van der Waals surface area contributed by atoms with E-state index >= 15 is 0 Å². The summed E-state index contributed by atoms with van der Waals surface area (Å²) in [5.74, 6) is -0.215. The number of rotatable bonds is 7. The van der Waals surface area contributed by atoms with Gasteiger partial charge in [0.25, 0.3) is 5.91 Å². The molecule has 0 unspecified atom stereocenters. The zero-order valence-electron chi connectivity index (χ0n) is 16.8. The molecule has 1 aromatic heterocycles. The highest BCUT2D eigenvalue weighted by atomic mass is 16.2. The molecule has 3 rings (SSSR count). The van der Waals surface area contributed by atoms with Crippen LogP contribution in [0.15, 0.2) is 65.8 Å². The first-order chi connectivity index (χ1) is 13.6. The van der Waals surface area contributed by atoms with Crippen LogP contribution in [0.4, 0.5) is 0 Å². The lowest BCUT2D eigenvalue weighted by Crippen LogP contribution is -2.17. The molecule has 2 aromatic carbocycles. The SMILES string of the molecule is CCCCc1ccc(-n2c(C)cc(/C=N/NC(=O)c3ccccc3)c2C)cc1. The molecule has 4 nitrogen and oxygen atoms in total. The minimum atomic E-state index is -0.215. The molecule has 4 heteroatoms. The molecule has 0 saturated heterocycles. The van der Waals surface area contributed by atoms with E-state index in [1.807, 2.05) is 18.2 Å². The van der Waals surface area contributed by atoms with E-state index in [2.05, 4.69) is 66.2 Å². The molecule has 0 aliphatic carbocycles. The molecular weight excluding hydrogens is 346 g/mol. The molecule has 0 atom stereocenters. The molecule has 0 aliphatic heterocycles. The number of carbonyl (C=O) groups excluding carboxylic acids is 1. The third-order valence-corrected chi connectivity index (χ3v) is 4.89. The number of nitrogens with one attached hydrogen (secondary N) is 1. The van der Waals surface area contributed by atoms with Crippen LogP contribution in [0.1, 0.15) is 52.6 Å². The second-order valence-corrected chi connectivity index (χ2v) is 7.00. The molecule has 0 spiro atoms. The van der Waals surface area contributed by atoms with Gasteiger partial charge < -0.3 is 4.57 Å². The molecule has 0 fully saturated rings. The standard InChI is InChI=1S/C24H27N3O/c1-4-5-9-20-12-14-23(15-13-20)27-18(2)16-22(19(27)3)17-25-26-24(28)21-10-7-6-8-11-21/h6-8,10-17H,4-5,9H2,1-3H3,(H,26,28)/b25-17+. The van der Waals surface area contributed by atoms with Gasteiger partial charge in [-0.15, -0.1) is 0 Å². The minimum absolute atomic E-state index is 0.215. The van der Waals surface area contributed by atoms with Gasteiger partial charge in [-0.3, -0.25) is 4.79 Å². The predicted molar refractivity (Wildman–Crippen MR) is 115 cm³/mol. The lowest BCUT2D eigenvalue weighted by atomic mass is 10.1. The average molecular weight is 374 g/mol. The Bertz CT molecular complexity index is 954. The van der Waals surface area contributed by atoms with Gasteiger partial charge in [-0.2, -0.15) is 5.10 Å². The summed E-state index contributed by atoms with van der Waals surface area (Å²) in [4.78, 5) is 12.1. The maximum absolute atomic E-state index is 12.1. The van der Waals surface area contributed by atoms with E-state index < -0.39 is 0 Å². The number of hydrogen-bond acceptors (Lipinski definition) is 2. The summed E-state index contributed by atoms with van der Waals surface area (Å²) >= 11 is 0. The van der Waals surface area contributed by atoms with E-state index in [1.54, 1.807) is 18.3 Å². The summed E-state index contributed by atoms with van der Waals surface area (Å²) in [7, 11) is 0. The highest BCUT2D eigenvalue weighted by Crippen LogP contribution is 2.20. The lowest BCUT2D eigenvalue weighted by molar-refractivity contribution is 0.0955. The third-order valence-electron chi connectivity index (χ3n) is 4.89. The summed E-state index contributed by atoms with van der Waals surface area (Å²) in [5.41, 5.74) is 8.91. The average Bonchev–Trinajstić information content (AvgIpc) is 3.00. The van der Waals surface area contributed by atoms with Crippen molar-refractivity contribution in [1.82, 2.24) is 9.99 Å². The number of hydrazone groups is 1. The van der Waals surface area contributed by atoms with Crippen LogP contribution in [-0.4, -0.2) is 16.7 Å². The van der Waals surface area contributed by atoms with Gasteiger partial charge in [0.05, 0.1) is 6.21 Å². The van der Waals surface area contributed by atoms with Gasteiger partial charge in [0.1, 0.15) is 0 Å². The Labute approximate surface area is 166 Å². The van der Waals surface area contributed by atoms with Gasteiger partial charge in [0.2, 0.25) is 0 Å². The molecular formula is C24H27N3O. The molecule has 1 N–H and O–H groups in total. The van der Waals surface area contributed by atoms with Crippen LogP contribution in [0.5, 0.6) is 0 Å². The monoisotopic (exact) mass is 373 g/mol. The molecule has 0 saturated carbocycles. The minimum Gasteiger partial charge on any atom is -0.318 e. The van der Waals surface area contributed by atoms with Crippen molar-refractivity contribution < 1.29 is 4.79 Å². The lowest BCUT2D eigenvalue weighted by Gasteiger charge is -2.10. The molecule has 3 aromatic rings. The summed E-state index contributed by atoms with van der Waals surface area (Å²) in [6.45, 7) is 6.36. The number of benzene rings is 2. The predicted octanol–water partition coefficient (Wildman–Crippen LogP) is 5.20. The van der Waals surface area contributed by atoms with Crippen molar-refractivity contribution >= 4 is 12.1 Å². The Kier molecular flexibility index (Phi) is 6.43. The second kappa shape index (κ2) is 9.18. The maximum Gasteiger partial charge on any atom is 0.271 e. The summed E-state index contributed by atoms with van der Waals surface area (Å²) in [5, 5.41) is 4.14. The fourth-order valence-electron chi connectivity index (χ4n) is 3.32. The first-order valence-electron chi connectivity index (χ1n) is 9.77. The Morgan fingerprint density at radius 1 is 1.07 bits per heavy atom. The number of carbonyl (C=O) groups is 1. The fraction of sp³-hybridized carbons (Fsp3) is 0.250. The molecule has 1 heterocycles. The van der Waals surface area contributed by atoms with Crippen molar-refractivity contribution in [3.8, 4) is 5.69 Å². The zero-order chi connectivity index (χ0) is 19.9. The summed E-state index contributed by atoms with van der Waals surface area (Å²) in [6.07, 6.45) is 5.26. The largest absolute Gasteiger partial charge is 0.318 e. The Morgan fingerprint density at radius 3 is 2.46 bits per heavy atom. The van der Waals surface area contributed by atoms with E-state index in [-0.39, 0.29) is 5.91 Å². The Morgan fingerprint density at radius 2 is 1.79 bits per heavy atom. The van der Waals surface area contributed by atoms with Crippen molar-refractivity contribution in [3.63, 3.8) is 0 Å². The van der Waals surface area contributed by atoms with Crippen molar-refractivity contribution in [3.05, 3.63) is 88.7 Å². The van der Waals surface area contributed by atoms with E-state index in [9.17, 15) is 4.79 Å². The van der Waals surface area contributed by atoms with Crippen LogP contribution in [0.2, 0.25) is 0 Å². The topological polar surface area (TPSA) is 46.4 Å². The van der Waals surface area contributed by atoms with Crippen molar-refractivity contribution in [2.75, 3.05) is 0 Å².